The third-order valence-corrected chi connectivity index (χ3v) is 4.79. The van der Waals surface area contributed by atoms with Gasteiger partial charge in [-0.05, 0) is 6.42 Å². The van der Waals surface area contributed by atoms with Gasteiger partial charge in [0.2, 0.25) is 10.0 Å². The molecule has 0 radical (unpaired) electrons. The first-order chi connectivity index (χ1) is 8.90. The van der Waals surface area contributed by atoms with Gasteiger partial charge in [-0.1, -0.05) is 19.8 Å². The van der Waals surface area contributed by atoms with Gasteiger partial charge in [0.05, 0.1) is 13.4 Å². The van der Waals surface area contributed by atoms with E-state index in [9.17, 15) is 13.2 Å². The summed E-state index contributed by atoms with van der Waals surface area (Å²) in [6.45, 7) is 4.12. The number of sulfonamides is 1. The van der Waals surface area contributed by atoms with Crippen molar-refractivity contribution in [3.05, 3.63) is 0 Å². The number of ether oxygens (including phenoxy) is 1. The molecular weight excluding hydrogens is 268 g/mol. The SMILES string of the molecule is CCCCC(C(=O)OC)N1CCN(S(C)(=O)=O)CC1. The van der Waals surface area contributed by atoms with Crippen molar-refractivity contribution in [3.63, 3.8) is 0 Å². The monoisotopic (exact) mass is 292 g/mol. The Hall–Kier alpha value is -0.660. The van der Waals surface area contributed by atoms with Gasteiger partial charge in [0, 0.05) is 26.2 Å². The minimum Gasteiger partial charge on any atom is -0.468 e. The normalized spacial score (nSPS) is 20.2. The molecule has 0 aliphatic carbocycles. The number of esters is 1. The van der Waals surface area contributed by atoms with Crippen LogP contribution in [0.3, 0.4) is 0 Å². The lowest BCUT2D eigenvalue weighted by molar-refractivity contribution is -0.147. The predicted octanol–water partition coefficient (Wildman–Crippen LogP) is 0.295. The highest BCUT2D eigenvalue weighted by molar-refractivity contribution is 7.88. The number of nitrogens with zero attached hydrogens (tertiary/aromatic N) is 2. The minimum atomic E-state index is -3.13. The largest absolute Gasteiger partial charge is 0.468 e. The van der Waals surface area contributed by atoms with E-state index in [0.29, 0.717) is 26.2 Å². The molecule has 0 amide bonds. The number of piperazine rings is 1. The third kappa shape index (κ3) is 4.74. The summed E-state index contributed by atoms with van der Waals surface area (Å²) in [6, 6.07) is -0.244. The average Bonchev–Trinajstić information content (AvgIpc) is 2.38. The van der Waals surface area contributed by atoms with E-state index < -0.39 is 10.0 Å². The fraction of sp³-hybridized carbons (Fsp3) is 0.917. The molecule has 1 fully saturated rings. The molecule has 1 aliphatic heterocycles. The Morgan fingerprint density at radius 1 is 1.26 bits per heavy atom. The zero-order valence-corrected chi connectivity index (χ0v) is 12.8. The van der Waals surface area contributed by atoms with Gasteiger partial charge in [-0.2, -0.15) is 4.31 Å². The van der Waals surface area contributed by atoms with Crippen molar-refractivity contribution in [3.8, 4) is 0 Å². The number of unbranched alkanes of at least 4 members (excludes halogenated alkanes) is 1. The maximum Gasteiger partial charge on any atom is 0.323 e. The molecule has 0 N–H and O–H groups in total. The van der Waals surface area contributed by atoms with E-state index in [0.717, 1.165) is 19.3 Å². The molecule has 19 heavy (non-hydrogen) atoms. The van der Waals surface area contributed by atoms with Crippen molar-refractivity contribution < 1.29 is 17.9 Å². The summed E-state index contributed by atoms with van der Waals surface area (Å²) in [7, 11) is -1.73. The van der Waals surface area contributed by atoms with E-state index in [2.05, 4.69) is 6.92 Å². The number of methoxy groups -OCH3 is 1. The van der Waals surface area contributed by atoms with E-state index >= 15 is 0 Å². The number of hydrogen-bond acceptors (Lipinski definition) is 5. The first kappa shape index (κ1) is 16.4. The smallest absolute Gasteiger partial charge is 0.323 e. The quantitative estimate of drug-likeness (QED) is 0.659. The second-order valence-corrected chi connectivity index (χ2v) is 6.86. The van der Waals surface area contributed by atoms with Crippen LogP contribution >= 0.6 is 0 Å². The molecule has 0 aromatic rings. The minimum absolute atomic E-state index is 0.221. The molecule has 0 aromatic carbocycles. The van der Waals surface area contributed by atoms with Crippen LogP contribution in [0, 0.1) is 0 Å². The van der Waals surface area contributed by atoms with Crippen LogP contribution in [0.15, 0.2) is 0 Å². The predicted molar refractivity (Wildman–Crippen MR) is 73.3 cm³/mol. The molecule has 112 valence electrons. The molecule has 0 bridgehead atoms. The number of carbonyl (C=O) groups excluding carboxylic acids is 1. The van der Waals surface area contributed by atoms with Crippen LogP contribution in [0.5, 0.6) is 0 Å². The van der Waals surface area contributed by atoms with Gasteiger partial charge in [0.1, 0.15) is 6.04 Å². The van der Waals surface area contributed by atoms with Crippen molar-refractivity contribution in [1.29, 1.82) is 0 Å². The first-order valence-electron chi connectivity index (χ1n) is 6.67. The summed E-state index contributed by atoms with van der Waals surface area (Å²) in [5, 5.41) is 0. The maximum atomic E-state index is 11.8. The molecular formula is C12H24N2O4S. The zero-order chi connectivity index (χ0) is 14.5. The van der Waals surface area contributed by atoms with Crippen LogP contribution in [0.1, 0.15) is 26.2 Å². The van der Waals surface area contributed by atoms with E-state index in [-0.39, 0.29) is 12.0 Å². The zero-order valence-electron chi connectivity index (χ0n) is 12.0. The van der Waals surface area contributed by atoms with Gasteiger partial charge in [-0.15, -0.1) is 0 Å². The molecule has 1 unspecified atom stereocenters. The van der Waals surface area contributed by atoms with E-state index in [1.54, 1.807) is 0 Å². The molecule has 1 saturated heterocycles. The molecule has 0 spiro atoms. The van der Waals surface area contributed by atoms with Crippen LogP contribution < -0.4 is 0 Å². The highest BCUT2D eigenvalue weighted by Gasteiger charge is 2.31. The van der Waals surface area contributed by atoms with E-state index in [4.69, 9.17) is 4.74 Å². The van der Waals surface area contributed by atoms with Crippen LogP contribution in [-0.2, 0) is 19.6 Å². The highest BCUT2D eigenvalue weighted by Crippen LogP contribution is 2.15. The number of carbonyl (C=O) groups is 1. The Labute approximate surface area is 115 Å². The Morgan fingerprint density at radius 2 is 1.84 bits per heavy atom. The molecule has 0 saturated carbocycles. The summed E-state index contributed by atoms with van der Waals surface area (Å²) >= 11 is 0. The summed E-state index contributed by atoms with van der Waals surface area (Å²) in [6.07, 6.45) is 3.97. The number of rotatable bonds is 6. The second-order valence-electron chi connectivity index (χ2n) is 4.88. The molecule has 1 rings (SSSR count). The van der Waals surface area contributed by atoms with Crippen LogP contribution in [-0.4, -0.2) is 69.2 Å². The van der Waals surface area contributed by atoms with Gasteiger partial charge in [0.25, 0.3) is 0 Å². The molecule has 1 atom stereocenters. The summed E-state index contributed by atoms with van der Waals surface area (Å²) < 4.78 is 29.2. The Morgan fingerprint density at radius 3 is 2.26 bits per heavy atom. The molecule has 1 aliphatic rings. The highest BCUT2D eigenvalue weighted by atomic mass is 32.2. The third-order valence-electron chi connectivity index (χ3n) is 3.49. The van der Waals surface area contributed by atoms with Gasteiger partial charge >= 0.3 is 5.97 Å². The fourth-order valence-electron chi connectivity index (χ4n) is 2.33. The van der Waals surface area contributed by atoms with Crippen molar-refractivity contribution in [1.82, 2.24) is 9.21 Å². The Kier molecular flexibility index (Phi) is 6.22. The topological polar surface area (TPSA) is 66.9 Å². The molecule has 6 nitrogen and oxygen atoms in total. The first-order valence-corrected chi connectivity index (χ1v) is 8.52. The lowest BCUT2D eigenvalue weighted by Crippen LogP contribution is -2.53. The van der Waals surface area contributed by atoms with Gasteiger partial charge in [-0.25, -0.2) is 8.42 Å². The van der Waals surface area contributed by atoms with Crippen molar-refractivity contribution in [2.75, 3.05) is 39.5 Å². The second kappa shape index (κ2) is 7.21. The van der Waals surface area contributed by atoms with Crippen LogP contribution in [0.25, 0.3) is 0 Å². The lowest BCUT2D eigenvalue weighted by Gasteiger charge is -2.37. The Bertz CT molecular complexity index is 389. The average molecular weight is 292 g/mol. The van der Waals surface area contributed by atoms with Gasteiger partial charge in [-0.3, -0.25) is 9.69 Å². The number of hydrogen-bond donors (Lipinski definition) is 0. The molecule has 0 aromatic heterocycles. The lowest BCUT2D eigenvalue weighted by atomic mass is 10.1. The maximum absolute atomic E-state index is 11.8. The van der Waals surface area contributed by atoms with Crippen molar-refractivity contribution in [2.24, 2.45) is 0 Å². The molecule has 7 heteroatoms. The van der Waals surface area contributed by atoms with Crippen LogP contribution in [0.4, 0.5) is 0 Å². The van der Waals surface area contributed by atoms with Crippen LogP contribution in [0.2, 0.25) is 0 Å². The van der Waals surface area contributed by atoms with Crippen molar-refractivity contribution >= 4 is 16.0 Å². The summed E-state index contributed by atoms with van der Waals surface area (Å²) in [4.78, 5) is 13.8. The van der Waals surface area contributed by atoms with E-state index in [1.807, 2.05) is 4.90 Å². The van der Waals surface area contributed by atoms with Crippen molar-refractivity contribution in [2.45, 2.75) is 32.2 Å². The standard InChI is InChI=1S/C12H24N2O4S/c1-4-5-6-11(12(15)18-2)13-7-9-14(10-8-13)19(3,16)17/h11H,4-10H2,1-3H3. The van der Waals surface area contributed by atoms with Gasteiger partial charge < -0.3 is 4.74 Å². The van der Waals surface area contributed by atoms with E-state index in [1.165, 1.54) is 17.7 Å². The Balaban J connectivity index is 2.61. The summed E-state index contributed by atoms with van der Waals surface area (Å²) in [5.74, 6) is -0.221. The fourth-order valence-corrected chi connectivity index (χ4v) is 3.16. The van der Waals surface area contributed by atoms with Gasteiger partial charge in [0.15, 0.2) is 0 Å². The summed E-state index contributed by atoms with van der Waals surface area (Å²) in [5.41, 5.74) is 0. The molecule has 1 heterocycles.